The molecule has 152 valence electrons. The predicted molar refractivity (Wildman–Crippen MR) is 109 cm³/mol. The van der Waals surface area contributed by atoms with E-state index in [2.05, 4.69) is 16.0 Å². The Morgan fingerprint density at radius 3 is 1.97 bits per heavy atom. The molecule has 0 radical (unpaired) electrons. The lowest BCUT2D eigenvalue weighted by Gasteiger charge is -2.11. The van der Waals surface area contributed by atoms with E-state index in [1.54, 1.807) is 49.6 Å². The van der Waals surface area contributed by atoms with Crippen LogP contribution in [-0.4, -0.2) is 31.9 Å². The largest absolute Gasteiger partial charge is 0.497 e. The maximum absolute atomic E-state index is 12.5. The number of methoxy groups -OCH3 is 2. The summed E-state index contributed by atoms with van der Waals surface area (Å²) in [7, 11) is 3.06. The minimum absolute atomic E-state index is 0.165. The van der Waals surface area contributed by atoms with Crippen molar-refractivity contribution in [2.24, 2.45) is 11.8 Å². The van der Waals surface area contributed by atoms with Crippen LogP contribution >= 0.6 is 0 Å². The molecule has 3 N–H and O–H groups in total. The highest BCUT2D eigenvalue weighted by molar-refractivity contribution is 6.03. The van der Waals surface area contributed by atoms with Gasteiger partial charge in [-0.2, -0.15) is 0 Å². The van der Waals surface area contributed by atoms with Gasteiger partial charge < -0.3 is 25.4 Å². The third kappa shape index (κ3) is 5.04. The molecule has 8 nitrogen and oxygen atoms in total. The molecule has 1 saturated carbocycles. The van der Waals surface area contributed by atoms with Gasteiger partial charge in [-0.3, -0.25) is 14.4 Å². The molecule has 0 aromatic heterocycles. The summed E-state index contributed by atoms with van der Waals surface area (Å²) >= 11 is 0. The van der Waals surface area contributed by atoms with Gasteiger partial charge in [-0.1, -0.05) is 0 Å². The maximum Gasteiger partial charge on any atom is 0.228 e. The van der Waals surface area contributed by atoms with Crippen molar-refractivity contribution in [2.45, 2.75) is 13.3 Å². The van der Waals surface area contributed by atoms with E-state index in [0.29, 0.717) is 35.0 Å². The number of rotatable bonds is 7. The summed E-state index contributed by atoms with van der Waals surface area (Å²) in [4.78, 5) is 35.9. The number of anilines is 3. The Morgan fingerprint density at radius 2 is 1.41 bits per heavy atom. The van der Waals surface area contributed by atoms with Crippen molar-refractivity contribution in [3.8, 4) is 11.5 Å². The van der Waals surface area contributed by atoms with E-state index in [1.165, 1.54) is 14.0 Å². The van der Waals surface area contributed by atoms with E-state index in [9.17, 15) is 14.4 Å². The summed E-state index contributed by atoms with van der Waals surface area (Å²) in [6.45, 7) is 1.43. The van der Waals surface area contributed by atoms with Gasteiger partial charge in [0.05, 0.1) is 31.7 Å². The molecule has 0 spiro atoms. The SMILES string of the molecule is COc1ccc(NC(=O)C2CC2C(=O)Nc2ccc(NC(C)=O)cc2)c(OC)c1. The molecule has 3 amide bonds. The number of benzene rings is 2. The van der Waals surface area contributed by atoms with Crippen molar-refractivity contribution >= 4 is 34.8 Å². The second-order valence-corrected chi connectivity index (χ2v) is 6.75. The van der Waals surface area contributed by atoms with Gasteiger partial charge in [0.25, 0.3) is 0 Å². The zero-order valence-electron chi connectivity index (χ0n) is 16.4. The van der Waals surface area contributed by atoms with Gasteiger partial charge in [0, 0.05) is 24.4 Å². The third-order valence-corrected chi connectivity index (χ3v) is 4.60. The first-order valence-corrected chi connectivity index (χ1v) is 9.12. The lowest BCUT2D eigenvalue weighted by molar-refractivity contribution is -0.122. The number of ether oxygens (including phenoxy) is 2. The number of carbonyl (C=O) groups is 3. The van der Waals surface area contributed by atoms with E-state index >= 15 is 0 Å². The summed E-state index contributed by atoms with van der Waals surface area (Å²) in [6.07, 6.45) is 0.486. The summed E-state index contributed by atoms with van der Waals surface area (Å²) < 4.78 is 10.4. The van der Waals surface area contributed by atoms with Crippen LogP contribution in [0.3, 0.4) is 0 Å². The zero-order valence-corrected chi connectivity index (χ0v) is 16.4. The molecule has 2 aromatic rings. The van der Waals surface area contributed by atoms with Crippen molar-refractivity contribution in [1.82, 2.24) is 0 Å². The van der Waals surface area contributed by atoms with Gasteiger partial charge >= 0.3 is 0 Å². The molecule has 2 unspecified atom stereocenters. The van der Waals surface area contributed by atoms with Crippen LogP contribution in [-0.2, 0) is 14.4 Å². The molecule has 3 rings (SSSR count). The minimum atomic E-state index is -0.388. The summed E-state index contributed by atoms with van der Waals surface area (Å²) in [5.74, 6) is -0.266. The number of amides is 3. The molecule has 0 bridgehead atoms. The van der Waals surface area contributed by atoms with E-state index < -0.39 is 0 Å². The van der Waals surface area contributed by atoms with Gasteiger partial charge in [0.2, 0.25) is 17.7 Å². The summed E-state index contributed by atoms with van der Waals surface area (Å²) in [5.41, 5.74) is 1.78. The topological polar surface area (TPSA) is 106 Å². The zero-order chi connectivity index (χ0) is 21.0. The lowest BCUT2D eigenvalue weighted by atomic mass is 10.2. The van der Waals surface area contributed by atoms with Crippen LogP contribution < -0.4 is 25.4 Å². The predicted octanol–water partition coefficient (Wildman–Crippen LogP) is 2.88. The lowest BCUT2D eigenvalue weighted by Crippen LogP contribution is -2.20. The van der Waals surface area contributed by atoms with E-state index in [0.717, 1.165) is 0 Å². The molecule has 1 aliphatic carbocycles. The van der Waals surface area contributed by atoms with Crippen LogP contribution in [0.5, 0.6) is 11.5 Å². The first kappa shape index (κ1) is 20.2. The van der Waals surface area contributed by atoms with Crippen LogP contribution in [0.1, 0.15) is 13.3 Å². The van der Waals surface area contributed by atoms with Gasteiger partial charge in [-0.05, 0) is 42.8 Å². The van der Waals surface area contributed by atoms with E-state index in [1.807, 2.05) is 0 Å². The first-order chi connectivity index (χ1) is 13.9. The summed E-state index contributed by atoms with van der Waals surface area (Å²) in [5, 5.41) is 8.27. The molecule has 8 heteroatoms. The molecule has 1 aliphatic rings. The maximum atomic E-state index is 12.5. The van der Waals surface area contributed by atoms with Crippen LogP contribution in [0.15, 0.2) is 42.5 Å². The highest BCUT2D eigenvalue weighted by Gasteiger charge is 2.48. The van der Waals surface area contributed by atoms with Gasteiger partial charge in [-0.25, -0.2) is 0 Å². The molecule has 2 atom stereocenters. The highest BCUT2D eigenvalue weighted by atomic mass is 16.5. The summed E-state index contributed by atoms with van der Waals surface area (Å²) in [6, 6.07) is 11.9. The Hall–Kier alpha value is -3.55. The molecule has 29 heavy (non-hydrogen) atoms. The fraction of sp³-hybridized carbons (Fsp3) is 0.286. The quantitative estimate of drug-likeness (QED) is 0.666. The Bertz CT molecular complexity index is 926. The first-order valence-electron chi connectivity index (χ1n) is 9.12. The van der Waals surface area contributed by atoms with Crippen molar-refractivity contribution in [3.63, 3.8) is 0 Å². The fourth-order valence-electron chi connectivity index (χ4n) is 2.98. The van der Waals surface area contributed by atoms with Gasteiger partial charge in [0.1, 0.15) is 11.5 Å². The minimum Gasteiger partial charge on any atom is -0.497 e. The number of carbonyl (C=O) groups excluding carboxylic acids is 3. The Balaban J connectivity index is 1.55. The molecule has 1 fully saturated rings. The van der Waals surface area contributed by atoms with E-state index in [-0.39, 0.29) is 29.6 Å². The van der Waals surface area contributed by atoms with Crippen LogP contribution in [0.2, 0.25) is 0 Å². The van der Waals surface area contributed by atoms with Crippen molar-refractivity contribution < 1.29 is 23.9 Å². The molecular formula is C21H23N3O5. The van der Waals surface area contributed by atoms with Crippen molar-refractivity contribution in [2.75, 3.05) is 30.2 Å². The molecule has 2 aromatic carbocycles. The second kappa shape index (κ2) is 8.64. The third-order valence-electron chi connectivity index (χ3n) is 4.60. The standard InChI is InChI=1S/C21H23N3O5/c1-12(25)22-13-4-6-14(7-5-13)23-20(26)16-11-17(16)21(27)24-18-9-8-15(28-2)10-19(18)29-3/h4-10,16-17H,11H2,1-3H3,(H,22,25)(H,23,26)(H,24,27). The van der Waals surface area contributed by atoms with Crippen LogP contribution in [0.25, 0.3) is 0 Å². The van der Waals surface area contributed by atoms with Crippen LogP contribution in [0.4, 0.5) is 17.1 Å². The molecule has 0 saturated heterocycles. The molecule has 0 aliphatic heterocycles. The average molecular weight is 397 g/mol. The van der Waals surface area contributed by atoms with Gasteiger partial charge in [-0.15, -0.1) is 0 Å². The monoisotopic (exact) mass is 397 g/mol. The normalized spacial score (nSPS) is 17.1. The number of nitrogens with one attached hydrogen (secondary N) is 3. The second-order valence-electron chi connectivity index (χ2n) is 6.75. The highest BCUT2D eigenvalue weighted by Crippen LogP contribution is 2.41. The Labute approximate surface area is 168 Å². The average Bonchev–Trinajstić information content (AvgIpc) is 3.50. The molecule has 0 heterocycles. The van der Waals surface area contributed by atoms with Gasteiger partial charge in [0.15, 0.2) is 0 Å². The van der Waals surface area contributed by atoms with Crippen LogP contribution in [0, 0.1) is 11.8 Å². The van der Waals surface area contributed by atoms with Crippen molar-refractivity contribution in [3.05, 3.63) is 42.5 Å². The smallest absolute Gasteiger partial charge is 0.228 e. The fourth-order valence-corrected chi connectivity index (χ4v) is 2.98. The Kier molecular flexibility index (Phi) is 6.01. The number of hydrogen-bond acceptors (Lipinski definition) is 5. The molecular weight excluding hydrogens is 374 g/mol. The van der Waals surface area contributed by atoms with E-state index in [4.69, 9.17) is 9.47 Å². The Morgan fingerprint density at radius 1 is 0.828 bits per heavy atom. The van der Waals surface area contributed by atoms with Crippen molar-refractivity contribution in [1.29, 1.82) is 0 Å². The number of hydrogen-bond donors (Lipinski definition) is 3.